The summed E-state index contributed by atoms with van der Waals surface area (Å²) in [4.78, 5) is 21.1. The van der Waals surface area contributed by atoms with Gasteiger partial charge in [-0.3, -0.25) is 20.2 Å². The molecule has 3 aromatic rings. The maximum atomic E-state index is 11.1. The quantitative estimate of drug-likeness (QED) is 0.433. The molecule has 9 nitrogen and oxygen atoms in total. The van der Waals surface area contributed by atoms with Crippen LogP contribution in [0.2, 0.25) is 0 Å². The molecule has 0 radical (unpaired) electrons. The summed E-state index contributed by atoms with van der Waals surface area (Å²) >= 11 is 0. The van der Waals surface area contributed by atoms with Crippen molar-refractivity contribution in [2.45, 2.75) is 33.2 Å². The predicted octanol–water partition coefficient (Wildman–Crippen LogP) is 5.33. The van der Waals surface area contributed by atoms with E-state index >= 15 is 0 Å². The lowest BCUT2D eigenvalue weighted by Crippen LogP contribution is -2.25. The molecule has 1 aliphatic heterocycles. The van der Waals surface area contributed by atoms with E-state index in [1.807, 2.05) is 6.92 Å². The molecular weight excluding hydrogens is 416 g/mol. The van der Waals surface area contributed by atoms with Gasteiger partial charge in [-0.25, -0.2) is 0 Å². The first-order valence-electron chi connectivity index (χ1n) is 9.82. The number of phenols is 1. The molecule has 0 fully saturated rings. The van der Waals surface area contributed by atoms with Gasteiger partial charge in [-0.15, -0.1) is 0 Å². The van der Waals surface area contributed by atoms with Crippen LogP contribution in [0.15, 0.2) is 48.5 Å². The van der Waals surface area contributed by atoms with Crippen molar-refractivity contribution in [2.24, 2.45) is 0 Å². The Morgan fingerprint density at radius 1 is 0.781 bits per heavy atom. The molecule has 0 aromatic heterocycles. The van der Waals surface area contributed by atoms with Crippen molar-refractivity contribution in [3.8, 4) is 11.5 Å². The number of non-ortho nitro benzene ring substituents is 2. The Kier molecular flexibility index (Phi) is 5.27. The van der Waals surface area contributed by atoms with Crippen LogP contribution < -0.4 is 4.74 Å². The number of ether oxygens (including phenoxy) is 2. The smallest absolute Gasteiger partial charge is 0.269 e. The van der Waals surface area contributed by atoms with Crippen LogP contribution in [0.4, 0.5) is 11.4 Å². The minimum absolute atomic E-state index is 0.0485. The van der Waals surface area contributed by atoms with E-state index in [2.05, 4.69) is 0 Å². The number of nitro groups is 2. The molecule has 0 spiro atoms. The zero-order valence-corrected chi connectivity index (χ0v) is 17.6. The average molecular weight is 436 g/mol. The molecular formula is C23H20N2O7. The molecule has 2 atom stereocenters. The molecule has 0 saturated carbocycles. The van der Waals surface area contributed by atoms with E-state index in [1.54, 1.807) is 38.1 Å². The number of nitro benzene ring substituents is 2. The molecule has 1 aliphatic rings. The third-order valence-corrected chi connectivity index (χ3v) is 5.79. The molecule has 1 heterocycles. The lowest BCUT2D eigenvalue weighted by Gasteiger charge is -2.36. The van der Waals surface area contributed by atoms with E-state index in [4.69, 9.17) is 9.47 Å². The fraction of sp³-hybridized carbons (Fsp3) is 0.217. The van der Waals surface area contributed by atoms with E-state index in [-0.39, 0.29) is 17.1 Å². The van der Waals surface area contributed by atoms with Gasteiger partial charge in [0.15, 0.2) is 0 Å². The number of hydrogen-bond acceptors (Lipinski definition) is 7. The number of phenolic OH excluding ortho intramolecular Hbond substituents is 1. The maximum absolute atomic E-state index is 11.1. The zero-order chi connectivity index (χ0) is 23.2. The van der Waals surface area contributed by atoms with Gasteiger partial charge in [-0.05, 0) is 61.7 Å². The molecule has 0 saturated heterocycles. The Balaban J connectivity index is 1.84. The van der Waals surface area contributed by atoms with E-state index < -0.39 is 22.2 Å². The first-order chi connectivity index (χ1) is 15.2. The zero-order valence-electron chi connectivity index (χ0n) is 17.6. The highest BCUT2D eigenvalue weighted by Crippen LogP contribution is 2.49. The Hall–Kier alpha value is -3.98. The number of aromatic hydroxyl groups is 1. The van der Waals surface area contributed by atoms with Crippen molar-refractivity contribution in [1.29, 1.82) is 0 Å². The Morgan fingerprint density at radius 3 is 1.78 bits per heavy atom. The van der Waals surface area contributed by atoms with Crippen molar-refractivity contribution in [2.75, 3.05) is 0 Å². The summed E-state index contributed by atoms with van der Waals surface area (Å²) < 4.78 is 12.4. The molecule has 9 heteroatoms. The SMILES string of the molecule is Cc1c(C)c2c(c(C)c1O)[C@@H](c1ccc([N+](=O)[O-])cc1)O[C@H](c1ccc([N+](=O)[O-])cc1)O2. The minimum Gasteiger partial charge on any atom is -0.507 e. The average Bonchev–Trinajstić information content (AvgIpc) is 2.80. The Morgan fingerprint density at radius 2 is 1.28 bits per heavy atom. The lowest BCUT2D eigenvalue weighted by molar-refractivity contribution is -0.385. The highest BCUT2D eigenvalue weighted by molar-refractivity contribution is 5.60. The molecule has 0 amide bonds. The van der Waals surface area contributed by atoms with Crippen molar-refractivity contribution < 1.29 is 24.4 Å². The minimum atomic E-state index is -0.870. The van der Waals surface area contributed by atoms with Gasteiger partial charge in [0.1, 0.15) is 17.6 Å². The fourth-order valence-electron chi connectivity index (χ4n) is 3.84. The summed E-state index contributed by atoms with van der Waals surface area (Å²) in [6, 6.07) is 11.9. The second-order valence-corrected chi connectivity index (χ2v) is 7.63. The van der Waals surface area contributed by atoms with Gasteiger partial charge in [-0.1, -0.05) is 0 Å². The van der Waals surface area contributed by atoms with Crippen LogP contribution in [0.5, 0.6) is 11.5 Å². The van der Waals surface area contributed by atoms with Gasteiger partial charge >= 0.3 is 0 Å². The first-order valence-corrected chi connectivity index (χ1v) is 9.82. The van der Waals surface area contributed by atoms with Crippen LogP contribution in [0.25, 0.3) is 0 Å². The van der Waals surface area contributed by atoms with Crippen LogP contribution in [0, 0.1) is 41.0 Å². The van der Waals surface area contributed by atoms with Gasteiger partial charge in [-0.2, -0.15) is 0 Å². The molecule has 164 valence electrons. The molecule has 4 rings (SSSR count). The van der Waals surface area contributed by atoms with E-state index in [9.17, 15) is 25.3 Å². The molecule has 0 aliphatic carbocycles. The van der Waals surface area contributed by atoms with Crippen LogP contribution >= 0.6 is 0 Å². The van der Waals surface area contributed by atoms with Crippen molar-refractivity contribution in [1.82, 2.24) is 0 Å². The van der Waals surface area contributed by atoms with Gasteiger partial charge in [0.05, 0.1) is 9.85 Å². The van der Waals surface area contributed by atoms with E-state index in [1.165, 1.54) is 24.3 Å². The van der Waals surface area contributed by atoms with Gasteiger partial charge in [0.25, 0.3) is 11.4 Å². The second-order valence-electron chi connectivity index (χ2n) is 7.63. The van der Waals surface area contributed by atoms with Crippen molar-refractivity contribution in [3.05, 3.63) is 102 Å². The third kappa shape index (κ3) is 3.52. The second kappa shape index (κ2) is 7.93. The van der Waals surface area contributed by atoms with Gasteiger partial charge in [0, 0.05) is 41.0 Å². The number of benzene rings is 3. The summed E-state index contributed by atoms with van der Waals surface area (Å²) in [5.74, 6) is 0.685. The summed E-state index contributed by atoms with van der Waals surface area (Å²) in [5, 5.41) is 32.7. The Labute approximate surface area is 183 Å². The largest absolute Gasteiger partial charge is 0.507 e. The standard InChI is InChI=1S/C23H20N2O7/c1-12-13(2)21-19(14(3)20(12)26)22(15-4-8-17(9-5-15)24(27)28)32-23(31-21)16-6-10-18(11-7-16)25(29)30/h4-11,22-23,26H,1-3H3/t22-,23-/m1/s1. The van der Waals surface area contributed by atoms with Gasteiger partial charge < -0.3 is 14.6 Å². The summed E-state index contributed by atoms with van der Waals surface area (Å²) in [6.45, 7) is 5.38. The highest BCUT2D eigenvalue weighted by Gasteiger charge is 2.35. The Bertz CT molecular complexity index is 1220. The summed E-state index contributed by atoms with van der Waals surface area (Å²) in [7, 11) is 0. The monoisotopic (exact) mass is 436 g/mol. The molecule has 1 N–H and O–H groups in total. The topological polar surface area (TPSA) is 125 Å². The van der Waals surface area contributed by atoms with Crippen LogP contribution in [0.3, 0.4) is 0 Å². The molecule has 0 unspecified atom stereocenters. The lowest BCUT2D eigenvalue weighted by atomic mass is 9.90. The number of fused-ring (bicyclic) bond motifs is 1. The molecule has 0 bridgehead atoms. The van der Waals surface area contributed by atoms with E-state index in [0.717, 1.165) is 5.56 Å². The van der Waals surface area contributed by atoms with Gasteiger partial charge in [0.2, 0.25) is 6.29 Å². The van der Waals surface area contributed by atoms with Crippen molar-refractivity contribution >= 4 is 11.4 Å². The van der Waals surface area contributed by atoms with Crippen LogP contribution in [0.1, 0.15) is 45.8 Å². The number of hydrogen-bond donors (Lipinski definition) is 1. The molecule has 3 aromatic carbocycles. The van der Waals surface area contributed by atoms with Crippen molar-refractivity contribution in [3.63, 3.8) is 0 Å². The van der Waals surface area contributed by atoms with Crippen LogP contribution in [-0.2, 0) is 4.74 Å². The first kappa shape index (κ1) is 21.3. The number of rotatable bonds is 4. The summed E-state index contributed by atoms with van der Waals surface area (Å²) in [6.07, 6.45) is -1.55. The fourth-order valence-corrected chi connectivity index (χ4v) is 3.84. The predicted molar refractivity (Wildman–Crippen MR) is 115 cm³/mol. The normalized spacial score (nSPS) is 17.3. The molecule has 32 heavy (non-hydrogen) atoms. The maximum Gasteiger partial charge on any atom is 0.269 e. The highest BCUT2D eigenvalue weighted by atomic mass is 16.7. The summed E-state index contributed by atoms with van der Waals surface area (Å²) in [5.41, 5.74) is 3.77. The van der Waals surface area contributed by atoms with E-state index in [0.29, 0.717) is 33.6 Å². The third-order valence-electron chi connectivity index (χ3n) is 5.79. The van der Waals surface area contributed by atoms with Crippen LogP contribution in [-0.4, -0.2) is 15.0 Å². The number of nitrogens with zero attached hydrogens (tertiary/aromatic N) is 2.